The highest BCUT2D eigenvalue weighted by Gasteiger charge is 2.20. The first-order valence-electron chi connectivity index (χ1n) is 37.6. The second kappa shape index (κ2) is 71.8. The van der Waals surface area contributed by atoms with Crippen molar-refractivity contribution >= 4 is 11.9 Å². The molecule has 2 unspecified atom stereocenters. The van der Waals surface area contributed by atoms with Gasteiger partial charge in [0.05, 0.1) is 25.4 Å². The molecule has 3 N–H and O–H groups in total. The molecule has 0 aromatic heterocycles. The third kappa shape index (κ3) is 67.5. The van der Waals surface area contributed by atoms with Crippen LogP contribution in [-0.2, 0) is 14.3 Å². The molecular weight excluding hydrogens is 1010 g/mol. The second-order valence-electron chi connectivity index (χ2n) is 26.0. The van der Waals surface area contributed by atoms with Crippen LogP contribution < -0.4 is 5.32 Å². The van der Waals surface area contributed by atoms with E-state index >= 15 is 0 Å². The van der Waals surface area contributed by atoms with Gasteiger partial charge in [0.1, 0.15) is 0 Å². The van der Waals surface area contributed by atoms with Crippen LogP contribution in [0.5, 0.6) is 0 Å². The summed E-state index contributed by atoms with van der Waals surface area (Å²) >= 11 is 0. The minimum Gasteiger partial charge on any atom is -0.466 e. The van der Waals surface area contributed by atoms with E-state index in [0.29, 0.717) is 25.9 Å². The zero-order valence-electron chi connectivity index (χ0n) is 55.8. The molecule has 0 aliphatic carbocycles. The third-order valence-electron chi connectivity index (χ3n) is 17.8. The summed E-state index contributed by atoms with van der Waals surface area (Å²) < 4.78 is 5.49. The van der Waals surface area contributed by atoms with Gasteiger partial charge in [-0.25, -0.2) is 0 Å². The predicted molar refractivity (Wildman–Crippen MR) is 361 cm³/mol. The van der Waals surface area contributed by atoms with E-state index in [2.05, 4.69) is 43.5 Å². The van der Waals surface area contributed by atoms with Crippen molar-refractivity contribution in [3.8, 4) is 0 Å². The van der Waals surface area contributed by atoms with E-state index in [1.165, 1.54) is 347 Å². The molecule has 0 fully saturated rings. The number of rotatable bonds is 71. The molecule has 6 heteroatoms. The highest BCUT2D eigenvalue weighted by Crippen LogP contribution is 2.19. The SMILES string of the molecule is CCCCCCCCCCCCCCCCCCCCCCCCCCC(O)C(CO)NC(=O)CCCCCCCCCCCCC/C=C\C/C=C\CCCCCCCCCCCOC(=O)CCCCCCCCCCCCCCCC. The maximum absolute atomic E-state index is 12.6. The summed E-state index contributed by atoms with van der Waals surface area (Å²) in [5, 5.41) is 23.5. The lowest BCUT2D eigenvalue weighted by molar-refractivity contribution is -0.143. The maximum atomic E-state index is 12.6. The van der Waals surface area contributed by atoms with E-state index in [-0.39, 0.29) is 18.5 Å². The quantitative estimate of drug-likeness (QED) is 0.0320. The molecule has 0 radical (unpaired) electrons. The van der Waals surface area contributed by atoms with Crippen LogP contribution in [0.4, 0.5) is 0 Å². The summed E-state index contributed by atoms with van der Waals surface area (Å²) in [7, 11) is 0. The maximum Gasteiger partial charge on any atom is 0.305 e. The standard InChI is InChI=1S/C76H147NO5/c1-3-5-7-9-11-13-15-17-19-20-21-22-23-29-32-35-38-41-44-48-52-56-60-64-68-74(79)73(72-78)77-75(80)69-65-61-57-53-49-45-42-39-36-33-30-27-25-24-26-28-31-34-37-40-43-47-51-55-59-63-67-71-82-76(81)70-66-62-58-54-50-46-18-16-14-12-10-8-6-4-2/h24-25,28,31,73-74,78-79H,3-23,26-27,29-30,32-72H2,1-2H3,(H,77,80)/b25-24-,31-28-. The fraction of sp³-hybridized carbons (Fsp3) is 0.921. The van der Waals surface area contributed by atoms with E-state index in [9.17, 15) is 19.8 Å². The van der Waals surface area contributed by atoms with Crippen LogP contribution in [0.1, 0.15) is 425 Å². The van der Waals surface area contributed by atoms with Crippen LogP contribution in [-0.4, -0.2) is 47.4 Å². The first kappa shape index (κ1) is 80.3. The molecule has 0 aliphatic heterocycles. The number of aliphatic hydroxyl groups is 2. The van der Waals surface area contributed by atoms with Crippen LogP contribution in [0.15, 0.2) is 24.3 Å². The molecule has 486 valence electrons. The number of carbonyl (C=O) groups is 2. The Morgan fingerprint density at radius 3 is 0.927 bits per heavy atom. The number of hydrogen-bond donors (Lipinski definition) is 3. The van der Waals surface area contributed by atoms with Gasteiger partial charge in [-0.3, -0.25) is 9.59 Å². The van der Waals surface area contributed by atoms with Gasteiger partial charge in [-0.15, -0.1) is 0 Å². The monoisotopic (exact) mass is 1150 g/mol. The number of ether oxygens (including phenoxy) is 1. The minimum atomic E-state index is -0.668. The summed E-state index contributed by atoms with van der Waals surface area (Å²) in [6.07, 6.45) is 91.0. The number of hydrogen-bond acceptors (Lipinski definition) is 5. The highest BCUT2D eigenvalue weighted by molar-refractivity contribution is 5.76. The lowest BCUT2D eigenvalue weighted by atomic mass is 10.0. The largest absolute Gasteiger partial charge is 0.466 e. The van der Waals surface area contributed by atoms with E-state index in [0.717, 1.165) is 44.9 Å². The van der Waals surface area contributed by atoms with Crippen LogP contribution in [0, 0.1) is 0 Å². The normalized spacial score (nSPS) is 12.6. The molecule has 1 amide bonds. The number of carbonyl (C=O) groups excluding carboxylic acids is 2. The van der Waals surface area contributed by atoms with Gasteiger partial charge in [-0.1, -0.05) is 378 Å². The molecule has 0 spiro atoms. The molecule has 0 aliphatic rings. The van der Waals surface area contributed by atoms with Gasteiger partial charge in [0, 0.05) is 12.8 Å². The molecule has 0 rings (SSSR count). The van der Waals surface area contributed by atoms with Gasteiger partial charge < -0.3 is 20.3 Å². The molecule has 0 aromatic rings. The smallest absolute Gasteiger partial charge is 0.305 e. The van der Waals surface area contributed by atoms with E-state index in [1.54, 1.807) is 0 Å². The van der Waals surface area contributed by atoms with Crippen molar-refractivity contribution in [3.63, 3.8) is 0 Å². The molecule has 6 nitrogen and oxygen atoms in total. The number of allylic oxidation sites excluding steroid dienone is 4. The molecule has 82 heavy (non-hydrogen) atoms. The Labute approximate surface area is 513 Å². The third-order valence-corrected chi connectivity index (χ3v) is 17.8. The molecule has 0 saturated carbocycles. The molecule has 2 atom stereocenters. The predicted octanol–water partition coefficient (Wildman–Crippen LogP) is 24.5. The van der Waals surface area contributed by atoms with Gasteiger partial charge in [0.2, 0.25) is 5.91 Å². The van der Waals surface area contributed by atoms with E-state index in [4.69, 9.17) is 4.74 Å². The van der Waals surface area contributed by atoms with Crippen LogP contribution in [0.3, 0.4) is 0 Å². The van der Waals surface area contributed by atoms with E-state index in [1.807, 2.05) is 0 Å². The van der Waals surface area contributed by atoms with Crippen molar-refractivity contribution in [2.45, 2.75) is 437 Å². The van der Waals surface area contributed by atoms with Crippen LogP contribution >= 0.6 is 0 Å². The molecule has 0 bridgehead atoms. The van der Waals surface area contributed by atoms with Crippen LogP contribution in [0.2, 0.25) is 0 Å². The highest BCUT2D eigenvalue weighted by atomic mass is 16.5. The van der Waals surface area contributed by atoms with Crippen molar-refractivity contribution < 1.29 is 24.5 Å². The lowest BCUT2D eigenvalue weighted by Gasteiger charge is -2.22. The number of amides is 1. The van der Waals surface area contributed by atoms with Gasteiger partial charge in [0.25, 0.3) is 0 Å². The van der Waals surface area contributed by atoms with Gasteiger partial charge in [0.15, 0.2) is 0 Å². The summed E-state index contributed by atoms with van der Waals surface area (Å²) in [6.45, 7) is 5.00. The summed E-state index contributed by atoms with van der Waals surface area (Å²) in [6, 6.07) is -0.545. The summed E-state index contributed by atoms with van der Waals surface area (Å²) in [4.78, 5) is 24.6. The first-order valence-corrected chi connectivity index (χ1v) is 37.6. The van der Waals surface area contributed by atoms with Crippen molar-refractivity contribution in [2.75, 3.05) is 13.2 Å². The van der Waals surface area contributed by atoms with Crippen LogP contribution in [0.25, 0.3) is 0 Å². The Hall–Kier alpha value is -1.66. The molecule has 0 heterocycles. The van der Waals surface area contributed by atoms with E-state index < -0.39 is 12.1 Å². The van der Waals surface area contributed by atoms with Gasteiger partial charge in [-0.05, 0) is 57.8 Å². The Morgan fingerprint density at radius 2 is 0.610 bits per heavy atom. The van der Waals surface area contributed by atoms with Crippen molar-refractivity contribution in [2.24, 2.45) is 0 Å². The summed E-state index contributed by atoms with van der Waals surface area (Å²) in [5.74, 6) is -0.0190. The summed E-state index contributed by atoms with van der Waals surface area (Å²) in [5.41, 5.74) is 0. The Balaban J connectivity index is 3.41. The fourth-order valence-corrected chi connectivity index (χ4v) is 12.0. The average molecular weight is 1160 g/mol. The topological polar surface area (TPSA) is 95.9 Å². The van der Waals surface area contributed by atoms with Crippen molar-refractivity contribution in [1.82, 2.24) is 5.32 Å². The Bertz CT molecular complexity index is 1280. The number of esters is 1. The molecule has 0 aromatic carbocycles. The fourth-order valence-electron chi connectivity index (χ4n) is 12.0. The molecule has 0 saturated heterocycles. The lowest BCUT2D eigenvalue weighted by Crippen LogP contribution is -2.45. The number of aliphatic hydroxyl groups excluding tert-OH is 2. The number of nitrogens with one attached hydrogen (secondary N) is 1. The van der Waals surface area contributed by atoms with Crippen molar-refractivity contribution in [3.05, 3.63) is 24.3 Å². The zero-order valence-corrected chi connectivity index (χ0v) is 55.8. The van der Waals surface area contributed by atoms with Crippen molar-refractivity contribution in [1.29, 1.82) is 0 Å². The van der Waals surface area contributed by atoms with Gasteiger partial charge >= 0.3 is 5.97 Å². The second-order valence-corrected chi connectivity index (χ2v) is 26.0. The Kier molecular flexibility index (Phi) is 70.4. The Morgan fingerprint density at radius 1 is 0.341 bits per heavy atom. The minimum absolute atomic E-state index is 0.0139. The average Bonchev–Trinajstić information content (AvgIpc) is 3.48. The molecular formula is C76H147NO5. The zero-order chi connectivity index (χ0) is 59.2. The first-order chi connectivity index (χ1) is 40.5. The van der Waals surface area contributed by atoms with Gasteiger partial charge in [-0.2, -0.15) is 0 Å². The number of unbranched alkanes of at least 4 members (excludes halogenated alkanes) is 56.